The molecule has 0 amide bonds. The van der Waals surface area contributed by atoms with Crippen molar-refractivity contribution in [2.24, 2.45) is 11.8 Å². The zero-order chi connectivity index (χ0) is 24.8. The molecule has 0 aliphatic carbocycles. The van der Waals surface area contributed by atoms with E-state index in [4.69, 9.17) is 4.74 Å². The lowest BCUT2D eigenvalue weighted by Gasteiger charge is -2.34. The first-order chi connectivity index (χ1) is 16.9. The minimum Gasteiger partial charge on any atom is -0.469 e. The number of rotatable bonds is 8. The zero-order valence-electron chi connectivity index (χ0n) is 20.0. The van der Waals surface area contributed by atoms with Gasteiger partial charge in [0.1, 0.15) is 0 Å². The molecule has 0 spiro atoms. The van der Waals surface area contributed by atoms with Gasteiger partial charge in [0.25, 0.3) is 0 Å². The highest BCUT2D eigenvalue weighted by atomic mass is 16.6. The molecule has 0 saturated carbocycles. The molecular formula is C27H30N4O4. The van der Waals surface area contributed by atoms with Crippen molar-refractivity contribution in [1.82, 2.24) is 9.88 Å². The number of hydrogen-bond donors (Lipinski definition) is 1. The summed E-state index contributed by atoms with van der Waals surface area (Å²) in [5.41, 5.74) is 3.39. The van der Waals surface area contributed by atoms with Crippen LogP contribution in [0.15, 0.2) is 66.7 Å². The maximum Gasteiger partial charge on any atom is 0.311 e. The molecule has 2 aromatic carbocycles. The van der Waals surface area contributed by atoms with Crippen molar-refractivity contribution in [1.29, 1.82) is 0 Å². The predicted octanol–water partition coefficient (Wildman–Crippen LogP) is 5.42. The van der Waals surface area contributed by atoms with Crippen molar-refractivity contribution in [2.45, 2.75) is 26.3 Å². The van der Waals surface area contributed by atoms with Gasteiger partial charge in [0.05, 0.1) is 23.6 Å². The Labute approximate surface area is 205 Å². The van der Waals surface area contributed by atoms with Gasteiger partial charge < -0.3 is 10.1 Å². The van der Waals surface area contributed by atoms with Crippen LogP contribution in [-0.2, 0) is 16.1 Å². The van der Waals surface area contributed by atoms with Gasteiger partial charge in [0.15, 0.2) is 0 Å². The van der Waals surface area contributed by atoms with Gasteiger partial charge in [-0.05, 0) is 55.6 Å². The van der Waals surface area contributed by atoms with Crippen LogP contribution in [0.25, 0.3) is 11.3 Å². The van der Waals surface area contributed by atoms with Crippen molar-refractivity contribution < 1.29 is 14.5 Å². The maximum absolute atomic E-state index is 11.8. The molecule has 182 valence electrons. The molecule has 0 radical (unpaired) electrons. The molecule has 1 aromatic heterocycles. The number of benzene rings is 2. The van der Waals surface area contributed by atoms with Gasteiger partial charge in [-0.3, -0.25) is 19.8 Å². The number of nitrogens with one attached hydrogen (secondary N) is 1. The van der Waals surface area contributed by atoms with Crippen molar-refractivity contribution in [3.63, 3.8) is 0 Å². The highest BCUT2D eigenvalue weighted by Gasteiger charge is 2.28. The second-order valence-electron chi connectivity index (χ2n) is 8.93. The lowest BCUT2D eigenvalue weighted by molar-refractivity contribution is -0.384. The number of hydrogen-bond acceptors (Lipinski definition) is 7. The van der Waals surface area contributed by atoms with Crippen LogP contribution in [0.1, 0.15) is 25.3 Å². The topological polar surface area (TPSA) is 97.6 Å². The number of methoxy groups -OCH3 is 1. The van der Waals surface area contributed by atoms with Gasteiger partial charge in [-0.25, -0.2) is 4.98 Å². The van der Waals surface area contributed by atoms with Gasteiger partial charge in [-0.15, -0.1) is 0 Å². The number of anilines is 2. The number of ether oxygens (including phenoxy) is 1. The first kappa shape index (κ1) is 24.3. The molecule has 1 aliphatic rings. The summed E-state index contributed by atoms with van der Waals surface area (Å²) >= 11 is 0. The number of nitrogens with zero attached hydrogens (tertiary/aromatic N) is 3. The lowest BCUT2D eigenvalue weighted by atomic mass is 9.85. The first-order valence-corrected chi connectivity index (χ1v) is 11.8. The van der Waals surface area contributed by atoms with Crippen LogP contribution >= 0.6 is 0 Å². The number of carbonyl (C=O) groups excluding carboxylic acids is 1. The first-order valence-electron chi connectivity index (χ1n) is 11.8. The van der Waals surface area contributed by atoms with Crippen LogP contribution in [0.3, 0.4) is 0 Å². The van der Waals surface area contributed by atoms with E-state index in [2.05, 4.69) is 15.2 Å². The molecular weight excluding hydrogens is 444 g/mol. The summed E-state index contributed by atoms with van der Waals surface area (Å²) in [6, 6.07) is 20.6. The predicted molar refractivity (Wildman–Crippen MR) is 135 cm³/mol. The third-order valence-corrected chi connectivity index (χ3v) is 6.68. The molecule has 35 heavy (non-hydrogen) atoms. The van der Waals surface area contributed by atoms with Crippen molar-refractivity contribution in [3.05, 3.63) is 82.4 Å². The van der Waals surface area contributed by atoms with E-state index in [0.717, 1.165) is 49.3 Å². The third kappa shape index (κ3) is 6.02. The molecule has 1 fully saturated rings. The molecule has 4 rings (SSSR count). The highest BCUT2D eigenvalue weighted by Crippen LogP contribution is 2.30. The number of likely N-dealkylation sites (tertiary alicyclic amines) is 1. The summed E-state index contributed by atoms with van der Waals surface area (Å²) < 4.78 is 4.89. The Balaban J connectivity index is 1.40. The fourth-order valence-corrected chi connectivity index (χ4v) is 4.54. The number of esters is 1. The largest absolute Gasteiger partial charge is 0.469 e. The van der Waals surface area contributed by atoms with E-state index in [1.165, 1.54) is 13.2 Å². The van der Waals surface area contributed by atoms with Gasteiger partial charge in [0, 0.05) is 23.9 Å². The van der Waals surface area contributed by atoms with Crippen LogP contribution in [0.4, 0.5) is 17.2 Å². The molecule has 3 aromatic rings. The average molecular weight is 475 g/mol. The number of aromatic nitrogens is 1. The van der Waals surface area contributed by atoms with E-state index in [0.29, 0.717) is 11.6 Å². The van der Waals surface area contributed by atoms with Crippen molar-refractivity contribution >= 4 is 23.2 Å². The molecule has 1 unspecified atom stereocenters. The van der Waals surface area contributed by atoms with Gasteiger partial charge in [0.2, 0.25) is 5.82 Å². The average Bonchev–Trinajstić information content (AvgIpc) is 2.89. The van der Waals surface area contributed by atoms with Gasteiger partial charge in [-0.1, -0.05) is 49.4 Å². The van der Waals surface area contributed by atoms with Crippen LogP contribution in [-0.4, -0.2) is 41.0 Å². The molecule has 1 saturated heterocycles. The number of piperidine rings is 1. The number of nitro groups is 1. The molecule has 1 atom stereocenters. The second-order valence-corrected chi connectivity index (χ2v) is 8.93. The summed E-state index contributed by atoms with van der Waals surface area (Å²) in [7, 11) is 1.45. The van der Waals surface area contributed by atoms with Gasteiger partial charge in [-0.2, -0.15) is 0 Å². The van der Waals surface area contributed by atoms with Crippen molar-refractivity contribution in [3.8, 4) is 11.3 Å². The van der Waals surface area contributed by atoms with E-state index in [1.807, 2.05) is 61.5 Å². The summed E-state index contributed by atoms with van der Waals surface area (Å²) in [5, 5.41) is 14.7. The monoisotopic (exact) mass is 474 g/mol. The molecule has 8 heteroatoms. The van der Waals surface area contributed by atoms with Crippen LogP contribution in [0.2, 0.25) is 0 Å². The highest BCUT2D eigenvalue weighted by molar-refractivity contribution is 5.72. The Morgan fingerprint density at radius 3 is 2.43 bits per heavy atom. The van der Waals surface area contributed by atoms with E-state index in [9.17, 15) is 14.9 Å². The van der Waals surface area contributed by atoms with E-state index >= 15 is 0 Å². The van der Waals surface area contributed by atoms with Crippen LogP contribution in [0, 0.1) is 22.0 Å². The Kier molecular flexibility index (Phi) is 7.72. The third-order valence-electron chi connectivity index (χ3n) is 6.68. The molecule has 1 N–H and O–H groups in total. The SMILES string of the molecule is COC(=O)C(C)C1CCN(Cc2ccc(Nc3nc(-c4ccccc4)ccc3[N+](=O)[O-])cc2)CC1. The Morgan fingerprint density at radius 1 is 1.11 bits per heavy atom. The molecule has 8 nitrogen and oxygen atoms in total. The number of pyridine rings is 1. The summed E-state index contributed by atoms with van der Waals surface area (Å²) in [5.74, 6) is 0.382. The van der Waals surface area contributed by atoms with Crippen LogP contribution < -0.4 is 5.32 Å². The molecule has 0 bridgehead atoms. The Hall–Kier alpha value is -3.78. The standard InChI is InChI=1S/C27H30N4O4/c1-19(27(32)35-2)21-14-16-30(17-15-21)18-20-8-10-23(11-9-20)28-26-25(31(33)34)13-12-24(29-26)22-6-4-3-5-7-22/h3-13,19,21H,14-18H2,1-2H3,(H,28,29). The summed E-state index contributed by atoms with van der Waals surface area (Å²) in [6.07, 6.45) is 1.95. The van der Waals surface area contributed by atoms with Gasteiger partial charge >= 0.3 is 11.7 Å². The Bertz CT molecular complexity index is 1160. The van der Waals surface area contributed by atoms with E-state index < -0.39 is 4.92 Å². The zero-order valence-corrected chi connectivity index (χ0v) is 20.0. The summed E-state index contributed by atoms with van der Waals surface area (Å²) in [6.45, 7) is 4.65. The summed E-state index contributed by atoms with van der Waals surface area (Å²) in [4.78, 5) is 29.8. The minimum atomic E-state index is -0.427. The smallest absolute Gasteiger partial charge is 0.311 e. The van der Waals surface area contributed by atoms with E-state index in [-0.39, 0.29) is 23.4 Å². The van der Waals surface area contributed by atoms with Crippen LogP contribution in [0.5, 0.6) is 0 Å². The second kappa shape index (κ2) is 11.1. The number of carbonyl (C=O) groups is 1. The molecule has 2 heterocycles. The Morgan fingerprint density at radius 2 is 1.80 bits per heavy atom. The fraction of sp³-hybridized carbons (Fsp3) is 0.333. The maximum atomic E-state index is 11.8. The van der Waals surface area contributed by atoms with Crippen molar-refractivity contribution in [2.75, 3.05) is 25.5 Å². The fourth-order valence-electron chi connectivity index (χ4n) is 4.54. The molecule has 1 aliphatic heterocycles. The quantitative estimate of drug-likeness (QED) is 0.264. The van der Waals surface area contributed by atoms with E-state index in [1.54, 1.807) is 6.07 Å². The lowest BCUT2D eigenvalue weighted by Crippen LogP contribution is -2.37. The minimum absolute atomic E-state index is 0.0643. The normalized spacial score (nSPS) is 15.4.